The molecular weight excluding hydrogens is 352 g/mol. The van der Waals surface area contributed by atoms with Crippen LogP contribution < -0.4 is 5.32 Å². The van der Waals surface area contributed by atoms with E-state index in [1.54, 1.807) is 0 Å². The van der Waals surface area contributed by atoms with E-state index < -0.39 is 0 Å². The second kappa shape index (κ2) is 7.31. The van der Waals surface area contributed by atoms with Gasteiger partial charge in [0.25, 0.3) is 0 Å². The number of carbonyl (C=O) groups is 1. The van der Waals surface area contributed by atoms with Crippen molar-refractivity contribution >= 4 is 17.2 Å². The largest absolute Gasteiger partial charge is 0.361 e. The van der Waals surface area contributed by atoms with Crippen LogP contribution in [0.25, 0.3) is 16.9 Å². The van der Waals surface area contributed by atoms with Crippen molar-refractivity contribution in [3.8, 4) is 11.3 Å². The van der Waals surface area contributed by atoms with Crippen LogP contribution in [0.3, 0.4) is 0 Å². The van der Waals surface area contributed by atoms with Crippen LogP contribution in [-0.2, 0) is 11.2 Å². The summed E-state index contributed by atoms with van der Waals surface area (Å²) in [7, 11) is 0. The van der Waals surface area contributed by atoms with Gasteiger partial charge in [0.1, 0.15) is 11.4 Å². The van der Waals surface area contributed by atoms with Gasteiger partial charge in [-0.3, -0.25) is 4.79 Å². The number of rotatable bonds is 5. The molecular formula is C22H22N4O2. The Balaban J connectivity index is 1.41. The van der Waals surface area contributed by atoms with E-state index in [0.29, 0.717) is 12.8 Å². The number of hydrogen-bond acceptors (Lipinski definition) is 4. The Labute approximate surface area is 163 Å². The van der Waals surface area contributed by atoms with Crippen LogP contribution in [0.1, 0.15) is 29.0 Å². The summed E-state index contributed by atoms with van der Waals surface area (Å²) in [5.41, 5.74) is 6.64. The van der Waals surface area contributed by atoms with Crippen LogP contribution in [-0.4, -0.2) is 20.4 Å². The smallest absolute Gasteiger partial charge is 0.224 e. The van der Waals surface area contributed by atoms with Crippen LogP contribution in [0.15, 0.2) is 53.3 Å². The minimum atomic E-state index is -0.0315. The number of pyridine rings is 1. The van der Waals surface area contributed by atoms with Crippen LogP contribution in [0.5, 0.6) is 0 Å². The van der Waals surface area contributed by atoms with Crippen molar-refractivity contribution < 1.29 is 9.32 Å². The predicted molar refractivity (Wildman–Crippen MR) is 108 cm³/mol. The summed E-state index contributed by atoms with van der Waals surface area (Å²) in [5.74, 6) is 0.744. The van der Waals surface area contributed by atoms with Crippen molar-refractivity contribution in [2.45, 2.75) is 33.6 Å². The molecule has 0 unspecified atom stereocenters. The third-order valence-corrected chi connectivity index (χ3v) is 4.86. The maximum atomic E-state index is 12.3. The molecule has 6 heteroatoms. The zero-order valence-corrected chi connectivity index (χ0v) is 16.2. The summed E-state index contributed by atoms with van der Waals surface area (Å²) in [4.78, 5) is 16.9. The maximum Gasteiger partial charge on any atom is 0.224 e. The zero-order valence-electron chi connectivity index (χ0n) is 16.2. The number of carbonyl (C=O) groups excluding carboxylic acids is 1. The number of aromatic nitrogens is 3. The van der Waals surface area contributed by atoms with E-state index in [4.69, 9.17) is 4.52 Å². The quantitative estimate of drug-likeness (QED) is 0.559. The van der Waals surface area contributed by atoms with E-state index in [0.717, 1.165) is 39.6 Å². The average molecular weight is 374 g/mol. The van der Waals surface area contributed by atoms with Gasteiger partial charge in [-0.2, -0.15) is 0 Å². The fourth-order valence-electron chi connectivity index (χ4n) is 3.27. The summed E-state index contributed by atoms with van der Waals surface area (Å²) in [5, 5.41) is 6.86. The number of imidazole rings is 1. The lowest BCUT2D eigenvalue weighted by atomic mass is 10.1. The molecule has 142 valence electrons. The molecule has 28 heavy (non-hydrogen) atoms. The number of aryl methyl sites for hydroxylation is 3. The standard InChI is InChI=1S/C22H22N4O2/c1-14-10-11-26-13-20(24-21(26)12-14)17-4-6-18(7-5-17)23-22(27)9-8-19-15(2)25-28-16(19)3/h4-7,10-13H,8-9H2,1-3H3,(H,23,27). The number of amides is 1. The topological polar surface area (TPSA) is 72.4 Å². The molecule has 0 aliphatic heterocycles. The third kappa shape index (κ3) is 3.67. The van der Waals surface area contributed by atoms with Gasteiger partial charge in [-0.25, -0.2) is 4.98 Å². The molecule has 1 amide bonds. The molecule has 0 radical (unpaired) electrons. The summed E-state index contributed by atoms with van der Waals surface area (Å²) in [6.07, 6.45) is 5.02. The maximum absolute atomic E-state index is 12.3. The van der Waals surface area contributed by atoms with Gasteiger partial charge in [0.15, 0.2) is 0 Å². The lowest BCUT2D eigenvalue weighted by molar-refractivity contribution is -0.116. The third-order valence-electron chi connectivity index (χ3n) is 4.86. The SMILES string of the molecule is Cc1ccn2cc(-c3ccc(NC(=O)CCc4c(C)noc4C)cc3)nc2c1. The molecule has 0 aliphatic rings. The minimum absolute atomic E-state index is 0.0315. The highest BCUT2D eigenvalue weighted by atomic mass is 16.5. The molecule has 0 aliphatic carbocycles. The number of anilines is 1. The Hall–Kier alpha value is -3.41. The van der Waals surface area contributed by atoms with Crippen molar-refractivity contribution in [2.75, 3.05) is 5.32 Å². The first-order chi connectivity index (χ1) is 13.5. The monoisotopic (exact) mass is 374 g/mol. The molecule has 1 N–H and O–H groups in total. The van der Waals surface area contributed by atoms with Gasteiger partial charge in [0, 0.05) is 35.6 Å². The lowest BCUT2D eigenvalue weighted by Crippen LogP contribution is -2.12. The molecule has 1 aromatic carbocycles. The van der Waals surface area contributed by atoms with Gasteiger partial charge < -0.3 is 14.2 Å². The summed E-state index contributed by atoms with van der Waals surface area (Å²) in [6, 6.07) is 11.9. The normalized spacial score (nSPS) is 11.1. The highest BCUT2D eigenvalue weighted by molar-refractivity contribution is 5.91. The Bertz CT molecular complexity index is 1120. The van der Waals surface area contributed by atoms with Crippen molar-refractivity contribution in [2.24, 2.45) is 0 Å². The van der Waals surface area contributed by atoms with Gasteiger partial charge in [-0.1, -0.05) is 17.3 Å². The lowest BCUT2D eigenvalue weighted by Gasteiger charge is -2.06. The van der Waals surface area contributed by atoms with Gasteiger partial charge in [-0.05, 0) is 57.0 Å². The summed E-state index contributed by atoms with van der Waals surface area (Å²) >= 11 is 0. The van der Waals surface area contributed by atoms with Gasteiger partial charge in [0.05, 0.1) is 11.4 Å². The van der Waals surface area contributed by atoms with E-state index in [2.05, 4.69) is 34.5 Å². The van der Waals surface area contributed by atoms with E-state index in [1.165, 1.54) is 5.56 Å². The molecule has 0 spiro atoms. The zero-order chi connectivity index (χ0) is 19.7. The van der Waals surface area contributed by atoms with Crippen molar-refractivity contribution in [3.63, 3.8) is 0 Å². The molecule has 4 aromatic rings. The fourth-order valence-corrected chi connectivity index (χ4v) is 3.27. The van der Waals surface area contributed by atoms with E-state index >= 15 is 0 Å². The van der Waals surface area contributed by atoms with E-state index in [9.17, 15) is 4.79 Å². The van der Waals surface area contributed by atoms with Gasteiger partial charge in [-0.15, -0.1) is 0 Å². The molecule has 4 rings (SSSR count). The number of nitrogens with zero attached hydrogens (tertiary/aromatic N) is 3. The van der Waals surface area contributed by atoms with E-state index in [1.807, 2.05) is 54.9 Å². The average Bonchev–Trinajstić information content (AvgIpc) is 3.23. The first kappa shape index (κ1) is 18.0. The predicted octanol–water partition coefficient (Wildman–Crippen LogP) is 4.49. The number of fused-ring (bicyclic) bond motifs is 1. The summed E-state index contributed by atoms with van der Waals surface area (Å²) < 4.78 is 7.15. The molecule has 0 saturated carbocycles. The Morgan fingerprint density at radius 1 is 1.14 bits per heavy atom. The summed E-state index contributed by atoms with van der Waals surface area (Å²) in [6.45, 7) is 5.81. The first-order valence-corrected chi connectivity index (χ1v) is 9.27. The Kier molecular flexibility index (Phi) is 4.69. The number of benzene rings is 1. The van der Waals surface area contributed by atoms with Gasteiger partial charge >= 0.3 is 0 Å². The van der Waals surface area contributed by atoms with Crippen LogP contribution >= 0.6 is 0 Å². The Morgan fingerprint density at radius 3 is 2.64 bits per heavy atom. The van der Waals surface area contributed by atoms with E-state index in [-0.39, 0.29) is 5.91 Å². The second-order valence-electron chi connectivity index (χ2n) is 7.02. The van der Waals surface area contributed by atoms with Crippen molar-refractivity contribution in [1.29, 1.82) is 0 Å². The molecule has 0 atom stereocenters. The molecule has 3 aromatic heterocycles. The molecule has 6 nitrogen and oxygen atoms in total. The van der Waals surface area contributed by atoms with Crippen LogP contribution in [0.4, 0.5) is 5.69 Å². The number of nitrogens with one attached hydrogen (secondary N) is 1. The highest BCUT2D eigenvalue weighted by Crippen LogP contribution is 2.22. The first-order valence-electron chi connectivity index (χ1n) is 9.27. The van der Waals surface area contributed by atoms with Crippen LogP contribution in [0.2, 0.25) is 0 Å². The van der Waals surface area contributed by atoms with Gasteiger partial charge in [0.2, 0.25) is 5.91 Å². The molecule has 3 heterocycles. The minimum Gasteiger partial charge on any atom is -0.361 e. The fraction of sp³-hybridized carbons (Fsp3) is 0.227. The van der Waals surface area contributed by atoms with Crippen LogP contribution in [0, 0.1) is 20.8 Å². The second-order valence-corrected chi connectivity index (χ2v) is 7.02. The Morgan fingerprint density at radius 2 is 1.93 bits per heavy atom. The highest BCUT2D eigenvalue weighted by Gasteiger charge is 2.11. The van der Waals surface area contributed by atoms with Crippen molar-refractivity contribution in [1.82, 2.24) is 14.5 Å². The molecule has 0 saturated heterocycles. The van der Waals surface area contributed by atoms with Crippen molar-refractivity contribution in [3.05, 3.63) is 71.4 Å². The molecule has 0 bridgehead atoms. The molecule has 0 fully saturated rings. The number of hydrogen-bond donors (Lipinski definition) is 1.